The molecule has 0 bridgehead atoms. The van der Waals surface area contributed by atoms with Gasteiger partial charge in [0.15, 0.2) is 0 Å². The van der Waals surface area contributed by atoms with Crippen molar-refractivity contribution in [1.82, 2.24) is 5.32 Å². The Balaban J connectivity index is 2.62. The Morgan fingerprint density at radius 2 is 2.05 bits per heavy atom. The monoisotopic (exact) mass is 328 g/mol. The van der Waals surface area contributed by atoms with Crippen molar-refractivity contribution in [3.63, 3.8) is 0 Å². The molecule has 1 atom stereocenters. The fraction of sp³-hybridized carbons (Fsp3) is 0.250. The molecule has 2 amide bonds. The first-order valence-corrected chi connectivity index (χ1v) is 6.22. The number of halogens is 1. The van der Waals surface area contributed by atoms with Crippen LogP contribution in [0.2, 0.25) is 0 Å². The highest BCUT2D eigenvalue weighted by molar-refractivity contribution is 9.10. The third-order valence-corrected chi connectivity index (χ3v) is 2.79. The highest BCUT2D eigenvalue weighted by atomic mass is 79.9. The average Bonchev–Trinajstić information content (AvgIpc) is 2.27. The molecule has 7 heteroatoms. The minimum absolute atomic E-state index is 0.0297. The first kappa shape index (κ1) is 15.2. The number of carboxylic acids is 1. The Bertz CT molecular complexity index is 504. The summed E-state index contributed by atoms with van der Waals surface area (Å²) in [5.41, 5.74) is 5.65. The van der Waals surface area contributed by atoms with Crippen LogP contribution in [0.1, 0.15) is 12.0 Å². The standard InChI is InChI=1S/C12H13BrN2O4/c13-8-3-1-2-7(4-8)5-11(17)15-9(12(18)19)6-10(14)16/h1-4,9H,5-6H2,(H2,14,16)(H,15,17)(H,18,19). The lowest BCUT2D eigenvalue weighted by Crippen LogP contribution is -2.43. The van der Waals surface area contributed by atoms with Crippen molar-refractivity contribution in [2.24, 2.45) is 5.73 Å². The van der Waals surface area contributed by atoms with E-state index in [2.05, 4.69) is 21.2 Å². The van der Waals surface area contributed by atoms with Gasteiger partial charge in [0, 0.05) is 4.47 Å². The second-order valence-corrected chi connectivity index (χ2v) is 4.85. The Morgan fingerprint density at radius 3 is 2.58 bits per heavy atom. The van der Waals surface area contributed by atoms with E-state index in [1.807, 2.05) is 6.07 Å². The number of nitrogens with two attached hydrogens (primary N) is 1. The van der Waals surface area contributed by atoms with Gasteiger partial charge in [-0.25, -0.2) is 4.79 Å². The number of rotatable bonds is 6. The number of nitrogens with one attached hydrogen (secondary N) is 1. The lowest BCUT2D eigenvalue weighted by atomic mass is 10.1. The molecule has 6 nitrogen and oxygen atoms in total. The third-order valence-electron chi connectivity index (χ3n) is 2.29. The molecule has 0 saturated carbocycles. The number of hydrogen-bond acceptors (Lipinski definition) is 3. The second-order valence-electron chi connectivity index (χ2n) is 3.94. The molecule has 4 N–H and O–H groups in total. The zero-order chi connectivity index (χ0) is 14.4. The molecule has 1 unspecified atom stereocenters. The number of aliphatic carboxylic acids is 1. The van der Waals surface area contributed by atoms with Crippen LogP contribution in [0.15, 0.2) is 28.7 Å². The van der Waals surface area contributed by atoms with Gasteiger partial charge in [0.25, 0.3) is 0 Å². The molecule has 102 valence electrons. The van der Waals surface area contributed by atoms with Gasteiger partial charge in [-0.15, -0.1) is 0 Å². The van der Waals surface area contributed by atoms with Gasteiger partial charge in [-0.05, 0) is 17.7 Å². The zero-order valence-electron chi connectivity index (χ0n) is 9.93. The zero-order valence-corrected chi connectivity index (χ0v) is 11.5. The summed E-state index contributed by atoms with van der Waals surface area (Å²) in [6.07, 6.45) is -0.401. The molecule has 1 rings (SSSR count). The number of benzene rings is 1. The average molecular weight is 329 g/mol. The van der Waals surface area contributed by atoms with Gasteiger partial charge in [0.1, 0.15) is 6.04 Å². The van der Waals surface area contributed by atoms with Crippen LogP contribution in [0.3, 0.4) is 0 Å². The van der Waals surface area contributed by atoms with Gasteiger partial charge in [0.05, 0.1) is 12.8 Å². The third kappa shape index (κ3) is 5.52. The van der Waals surface area contributed by atoms with E-state index >= 15 is 0 Å². The molecule has 0 aliphatic rings. The van der Waals surface area contributed by atoms with Gasteiger partial charge in [-0.2, -0.15) is 0 Å². The number of amides is 2. The summed E-state index contributed by atoms with van der Waals surface area (Å²) < 4.78 is 0.824. The molecular formula is C12H13BrN2O4. The maximum atomic E-state index is 11.7. The summed E-state index contributed by atoms with van der Waals surface area (Å²) in [6, 6.07) is 5.79. The SMILES string of the molecule is NC(=O)CC(NC(=O)Cc1cccc(Br)c1)C(=O)O. The molecular weight excluding hydrogens is 316 g/mol. The van der Waals surface area contributed by atoms with E-state index in [1.165, 1.54) is 0 Å². The Morgan fingerprint density at radius 1 is 1.37 bits per heavy atom. The summed E-state index contributed by atoms with van der Waals surface area (Å²) in [7, 11) is 0. The van der Waals surface area contributed by atoms with Gasteiger partial charge in [-0.3, -0.25) is 9.59 Å². The van der Waals surface area contributed by atoms with E-state index in [1.54, 1.807) is 18.2 Å². The molecule has 1 aromatic carbocycles. The van der Waals surface area contributed by atoms with Crippen LogP contribution in [0, 0.1) is 0 Å². The summed E-state index contributed by atoms with van der Waals surface area (Å²) in [5, 5.41) is 11.1. The summed E-state index contributed by atoms with van der Waals surface area (Å²) in [5.74, 6) is -2.55. The summed E-state index contributed by atoms with van der Waals surface area (Å²) in [6.45, 7) is 0. The summed E-state index contributed by atoms with van der Waals surface area (Å²) in [4.78, 5) is 33.2. The first-order chi connectivity index (χ1) is 8.88. The van der Waals surface area contributed by atoms with Crippen LogP contribution in [-0.4, -0.2) is 28.9 Å². The van der Waals surface area contributed by atoms with Crippen LogP contribution in [0.5, 0.6) is 0 Å². The van der Waals surface area contributed by atoms with Crippen LogP contribution in [0.25, 0.3) is 0 Å². The van der Waals surface area contributed by atoms with E-state index in [0.29, 0.717) is 0 Å². The number of carbonyl (C=O) groups excluding carboxylic acids is 2. The van der Waals surface area contributed by atoms with Crippen LogP contribution < -0.4 is 11.1 Å². The molecule has 0 aromatic heterocycles. The largest absolute Gasteiger partial charge is 0.480 e. The number of carbonyl (C=O) groups is 3. The predicted molar refractivity (Wildman–Crippen MR) is 71.2 cm³/mol. The van der Waals surface area contributed by atoms with Gasteiger partial charge < -0.3 is 16.2 Å². The Hall–Kier alpha value is -1.89. The van der Waals surface area contributed by atoms with Gasteiger partial charge in [-0.1, -0.05) is 28.1 Å². The van der Waals surface area contributed by atoms with E-state index in [4.69, 9.17) is 10.8 Å². The van der Waals surface area contributed by atoms with E-state index in [-0.39, 0.29) is 6.42 Å². The van der Waals surface area contributed by atoms with Crippen molar-refractivity contribution in [1.29, 1.82) is 0 Å². The molecule has 19 heavy (non-hydrogen) atoms. The highest BCUT2D eigenvalue weighted by Crippen LogP contribution is 2.12. The fourth-order valence-electron chi connectivity index (χ4n) is 1.48. The second kappa shape index (κ2) is 6.89. The number of primary amides is 1. The first-order valence-electron chi connectivity index (χ1n) is 5.43. The van der Waals surface area contributed by atoms with Crippen molar-refractivity contribution in [2.75, 3.05) is 0 Å². The Labute approximate surface area is 118 Å². The maximum absolute atomic E-state index is 11.7. The minimum atomic E-state index is -1.29. The Kier molecular flexibility index (Phi) is 5.50. The van der Waals surface area contributed by atoms with Crippen molar-refractivity contribution >= 4 is 33.7 Å². The molecule has 0 radical (unpaired) electrons. The molecule has 0 saturated heterocycles. The predicted octanol–water partition coefficient (Wildman–Crippen LogP) is 0.436. The number of hydrogen-bond donors (Lipinski definition) is 3. The molecule has 0 spiro atoms. The van der Waals surface area contributed by atoms with Crippen molar-refractivity contribution in [2.45, 2.75) is 18.9 Å². The molecule has 0 aliphatic carbocycles. The molecule has 1 aromatic rings. The fourth-order valence-corrected chi connectivity index (χ4v) is 1.93. The van der Waals surface area contributed by atoms with Crippen LogP contribution >= 0.6 is 15.9 Å². The molecule has 0 fully saturated rings. The van der Waals surface area contributed by atoms with Crippen molar-refractivity contribution < 1.29 is 19.5 Å². The maximum Gasteiger partial charge on any atom is 0.326 e. The lowest BCUT2D eigenvalue weighted by molar-refractivity contribution is -0.143. The van der Waals surface area contributed by atoms with E-state index in [9.17, 15) is 14.4 Å². The van der Waals surface area contributed by atoms with Crippen LogP contribution in [0.4, 0.5) is 0 Å². The minimum Gasteiger partial charge on any atom is -0.480 e. The van der Waals surface area contributed by atoms with Crippen LogP contribution in [-0.2, 0) is 20.8 Å². The van der Waals surface area contributed by atoms with E-state index < -0.39 is 30.2 Å². The molecule has 0 heterocycles. The van der Waals surface area contributed by atoms with Gasteiger partial charge in [0.2, 0.25) is 11.8 Å². The van der Waals surface area contributed by atoms with Crippen molar-refractivity contribution in [3.05, 3.63) is 34.3 Å². The number of carboxylic acid groups (broad SMARTS) is 1. The van der Waals surface area contributed by atoms with E-state index in [0.717, 1.165) is 10.0 Å². The normalized spacial score (nSPS) is 11.6. The molecule has 0 aliphatic heterocycles. The highest BCUT2D eigenvalue weighted by Gasteiger charge is 2.21. The lowest BCUT2D eigenvalue weighted by Gasteiger charge is -2.12. The quantitative estimate of drug-likeness (QED) is 0.703. The smallest absolute Gasteiger partial charge is 0.326 e. The summed E-state index contributed by atoms with van der Waals surface area (Å²) >= 11 is 3.27. The van der Waals surface area contributed by atoms with Crippen molar-refractivity contribution in [3.8, 4) is 0 Å². The van der Waals surface area contributed by atoms with Gasteiger partial charge >= 0.3 is 5.97 Å². The topological polar surface area (TPSA) is 109 Å².